The molecule has 0 unspecified atom stereocenters. The molecule has 0 aliphatic heterocycles. The molecule has 0 fully saturated rings. The molecule has 0 saturated heterocycles. The Morgan fingerprint density at radius 1 is 1.40 bits per heavy atom. The van der Waals surface area contributed by atoms with Crippen molar-refractivity contribution in [2.24, 2.45) is 0 Å². The molecule has 15 heavy (non-hydrogen) atoms. The molecule has 0 N–H and O–H groups in total. The van der Waals surface area contributed by atoms with Crippen LogP contribution < -0.4 is 0 Å². The third kappa shape index (κ3) is 2.31. The van der Waals surface area contributed by atoms with Crippen molar-refractivity contribution in [2.45, 2.75) is 4.90 Å². The van der Waals surface area contributed by atoms with Crippen LogP contribution in [-0.2, 0) is 0 Å². The summed E-state index contributed by atoms with van der Waals surface area (Å²) >= 11 is 4.95. The Morgan fingerprint density at radius 2 is 2.27 bits per heavy atom. The fraction of sp³-hybridized carbons (Fsp3) is 0.0909. The molecule has 0 saturated carbocycles. The highest BCUT2D eigenvalue weighted by Crippen LogP contribution is 2.27. The SMILES string of the molecule is N#CCSc1ccnc2cc(Br)ccc12. The zero-order chi connectivity index (χ0) is 10.7. The van der Waals surface area contributed by atoms with E-state index in [0.29, 0.717) is 5.75 Å². The average Bonchev–Trinajstić information content (AvgIpc) is 2.25. The summed E-state index contributed by atoms with van der Waals surface area (Å²) in [5, 5.41) is 9.65. The lowest BCUT2D eigenvalue weighted by Gasteiger charge is -2.03. The van der Waals surface area contributed by atoms with Crippen LogP contribution in [0.5, 0.6) is 0 Å². The van der Waals surface area contributed by atoms with Gasteiger partial charge in [0, 0.05) is 21.0 Å². The number of pyridine rings is 1. The van der Waals surface area contributed by atoms with E-state index >= 15 is 0 Å². The van der Waals surface area contributed by atoms with E-state index in [2.05, 4.69) is 27.0 Å². The molecule has 0 radical (unpaired) electrons. The van der Waals surface area contributed by atoms with E-state index in [-0.39, 0.29) is 0 Å². The topological polar surface area (TPSA) is 36.7 Å². The van der Waals surface area contributed by atoms with Crippen molar-refractivity contribution in [3.63, 3.8) is 0 Å². The summed E-state index contributed by atoms with van der Waals surface area (Å²) in [5.41, 5.74) is 0.951. The van der Waals surface area contributed by atoms with Gasteiger partial charge in [-0.3, -0.25) is 4.98 Å². The van der Waals surface area contributed by atoms with E-state index in [4.69, 9.17) is 5.26 Å². The van der Waals surface area contributed by atoms with Gasteiger partial charge in [0.25, 0.3) is 0 Å². The summed E-state index contributed by atoms with van der Waals surface area (Å²) < 4.78 is 1.02. The van der Waals surface area contributed by atoms with Crippen molar-refractivity contribution in [1.29, 1.82) is 5.26 Å². The number of hydrogen-bond donors (Lipinski definition) is 0. The predicted octanol–water partition coefficient (Wildman–Crippen LogP) is 3.61. The lowest BCUT2D eigenvalue weighted by molar-refractivity contribution is 1.35. The zero-order valence-corrected chi connectivity index (χ0v) is 10.2. The lowest BCUT2D eigenvalue weighted by Crippen LogP contribution is -1.82. The molecule has 0 atom stereocenters. The van der Waals surface area contributed by atoms with E-state index in [1.807, 2.05) is 24.3 Å². The van der Waals surface area contributed by atoms with Crippen molar-refractivity contribution < 1.29 is 0 Å². The van der Waals surface area contributed by atoms with E-state index in [9.17, 15) is 0 Å². The van der Waals surface area contributed by atoms with Gasteiger partial charge in [0.2, 0.25) is 0 Å². The summed E-state index contributed by atoms with van der Waals surface area (Å²) in [4.78, 5) is 5.39. The number of rotatable bonds is 2. The van der Waals surface area contributed by atoms with Crippen LogP contribution in [0.25, 0.3) is 10.9 Å². The predicted molar refractivity (Wildman–Crippen MR) is 65.8 cm³/mol. The maximum Gasteiger partial charge on any atom is 0.0855 e. The Hall–Kier alpha value is -1.05. The van der Waals surface area contributed by atoms with Gasteiger partial charge in [-0.1, -0.05) is 22.0 Å². The monoisotopic (exact) mass is 278 g/mol. The van der Waals surface area contributed by atoms with Crippen LogP contribution in [0.15, 0.2) is 39.8 Å². The van der Waals surface area contributed by atoms with Crippen LogP contribution in [0.2, 0.25) is 0 Å². The summed E-state index contributed by atoms with van der Waals surface area (Å²) in [6.45, 7) is 0. The zero-order valence-electron chi connectivity index (χ0n) is 7.77. The minimum Gasteiger partial charge on any atom is -0.256 e. The highest BCUT2D eigenvalue weighted by Gasteiger charge is 2.02. The molecule has 1 heterocycles. The number of hydrogen-bond acceptors (Lipinski definition) is 3. The maximum atomic E-state index is 8.55. The van der Waals surface area contributed by atoms with Crippen LogP contribution in [0.1, 0.15) is 0 Å². The van der Waals surface area contributed by atoms with Crippen LogP contribution in [-0.4, -0.2) is 10.7 Å². The molecule has 2 rings (SSSR count). The van der Waals surface area contributed by atoms with Crippen LogP contribution in [0, 0.1) is 11.3 Å². The van der Waals surface area contributed by atoms with Gasteiger partial charge in [-0.05, 0) is 18.2 Å². The molecule has 0 aliphatic rings. The summed E-state index contributed by atoms with van der Waals surface area (Å²) in [7, 11) is 0. The van der Waals surface area contributed by atoms with E-state index in [1.54, 1.807) is 6.20 Å². The van der Waals surface area contributed by atoms with Crippen LogP contribution in [0.4, 0.5) is 0 Å². The second kappa shape index (κ2) is 4.65. The first-order chi connectivity index (χ1) is 7.31. The number of benzene rings is 1. The Morgan fingerprint density at radius 3 is 3.07 bits per heavy atom. The first-order valence-electron chi connectivity index (χ1n) is 4.35. The van der Waals surface area contributed by atoms with E-state index < -0.39 is 0 Å². The van der Waals surface area contributed by atoms with Gasteiger partial charge >= 0.3 is 0 Å². The lowest BCUT2D eigenvalue weighted by atomic mass is 10.2. The molecule has 1 aromatic heterocycles. The van der Waals surface area contributed by atoms with Gasteiger partial charge in [0.1, 0.15) is 0 Å². The van der Waals surface area contributed by atoms with Crippen molar-refractivity contribution in [3.05, 3.63) is 34.9 Å². The van der Waals surface area contributed by atoms with Crippen LogP contribution >= 0.6 is 27.7 Å². The Labute approximate surface area is 100 Å². The van der Waals surface area contributed by atoms with E-state index in [0.717, 1.165) is 20.3 Å². The van der Waals surface area contributed by atoms with Gasteiger partial charge in [-0.25, -0.2) is 0 Å². The fourth-order valence-corrected chi connectivity index (χ4v) is 2.39. The minimum atomic E-state index is 0.467. The molecule has 0 aliphatic carbocycles. The molecular formula is C11H7BrN2S. The van der Waals surface area contributed by atoms with Crippen LogP contribution in [0.3, 0.4) is 0 Å². The largest absolute Gasteiger partial charge is 0.256 e. The second-order valence-electron chi connectivity index (χ2n) is 2.92. The number of aromatic nitrogens is 1. The molecule has 0 spiro atoms. The van der Waals surface area contributed by atoms with Gasteiger partial charge < -0.3 is 0 Å². The molecule has 4 heteroatoms. The first kappa shape index (κ1) is 10.5. The third-order valence-corrected chi connectivity index (χ3v) is 3.39. The van der Waals surface area contributed by atoms with Gasteiger partial charge in [-0.2, -0.15) is 5.26 Å². The standard InChI is InChI=1S/C11H7BrN2S/c12-8-1-2-9-10(7-8)14-5-3-11(9)15-6-4-13/h1-3,5,7H,6H2. The fourth-order valence-electron chi connectivity index (χ4n) is 1.33. The molecule has 0 amide bonds. The van der Waals surface area contributed by atoms with Crippen molar-refractivity contribution in [3.8, 4) is 6.07 Å². The summed E-state index contributed by atoms with van der Waals surface area (Å²) in [6, 6.07) is 10.1. The van der Waals surface area contributed by atoms with Gasteiger partial charge in [-0.15, -0.1) is 11.8 Å². The Balaban J connectivity index is 2.52. The molecule has 2 nitrogen and oxygen atoms in total. The number of halogens is 1. The molecule has 1 aromatic carbocycles. The molecular weight excluding hydrogens is 272 g/mol. The Kier molecular flexibility index (Phi) is 3.24. The van der Waals surface area contributed by atoms with Gasteiger partial charge in [0.05, 0.1) is 17.3 Å². The normalized spacial score (nSPS) is 10.1. The van der Waals surface area contributed by atoms with Crippen molar-refractivity contribution in [1.82, 2.24) is 4.98 Å². The highest BCUT2D eigenvalue weighted by atomic mass is 79.9. The smallest absolute Gasteiger partial charge is 0.0855 e. The van der Waals surface area contributed by atoms with Crippen molar-refractivity contribution >= 4 is 38.6 Å². The average molecular weight is 279 g/mol. The number of nitrogens with zero attached hydrogens (tertiary/aromatic N) is 2. The molecule has 74 valence electrons. The Bertz CT molecular complexity index is 534. The third-order valence-electron chi connectivity index (χ3n) is 1.96. The quantitative estimate of drug-likeness (QED) is 0.788. The van der Waals surface area contributed by atoms with Crippen molar-refractivity contribution in [2.75, 3.05) is 5.75 Å². The molecule has 2 aromatic rings. The summed E-state index contributed by atoms with van der Waals surface area (Å²) in [6.07, 6.45) is 1.77. The van der Waals surface area contributed by atoms with E-state index in [1.165, 1.54) is 11.8 Å². The number of thioether (sulfide) groups is 1. The van der Waals surface area contributed by atoms with Gasteiger partial charge in [0.15, 0.2) is 0 Å². The summed E-state index contributed by atoms with van der Waals surface area (Å²) in [5.74, 6) is 0.467. The molecule has 0 bridgehead atoms. The second-order valence-corrected chi connectivity index (χ2v) is 4.85. The maximum absolute atomic E-state index is 8.55. The highest BCUT2D eigenvalue weighted by molar-refractivity contribution is 9.10. The minimum absolute atomic E-state index is 0.467. The first-order valence-corrected chi connectivity index (χ1v) is 6.13. The number of fused-ring (bicyclic) bond motifs is 1. The number of nitriles is 1.